The van der Waals surface area contributed by atoms with Gasteiger partial charge < -0.3 is 20.5 Å². The molecular weight excluding hydrogens is 532 g/mol. The zero-order valence-electron chi connectivity index (χ0n) is 20.9. The van der Waals surface area contributed by atoms with Crippen molar-refractivity contribution < 1.29 is 18.4 Å². The lowest BCUT2D eigenvalue weighted by Gasteiger charge is -2.19. The van der Waals surface area contributed by atoms with Gasteiger partial charge in [-0.05, 0) is 38.2 Å². The number of nitrogens with two attached hydrogens (primary N) is 1. The molecule has 2 atom stereocenters. The molecule has 1 aliphatic heterocycles. The van der Waals surface area contributed by atoms with Crippen LogP contribution in [0.5, 0.6) is 0 Å². The second-order valence-electron chi connectivity index (χ2n) is 9.11. The first-order chi connectivity index (χ1) is 17.2. The molecule has 0 spiro atoms. The van der Waals surface area contributed by atoms with E-state index in [0.717, 1.165) is 12.8 Å². The highest BCUT2D eigenvalue weighted by Gasteiger charge is 2.35. The van der Waals surface area contributed by atoms with Gasteiger partial charge in [-0.1, -0.05) is 12.5 Å². The van der Waals surface area contributed by atoms with E-state index in [9.17, 15) is 14.0 Å². The van der Waals surface area contributed by atoms with Crippen molar-refractivity contribution in [2.24, 2.45) is 5.73 Å². The number of hydrogen-bond donors (Lipinski definition) is 2. The van der Waals surface area contributed by atoms with Crippen LogP contribution >= 0.6 is 27.0 Å². The van der Waals surface area contributed by atoms with E-state index in [1.165, 1.54) is 18.5 Å². The van der Waals surface area contributed by atoms with Crippen LogP contribution in [0.25, 0.3) is 11.0 Å². The summed E-state index contributed by atoms with van der Waals surface area (Å²) in [4.78, 5) is 30.3. The smallest absolute Gasteiger partial charge is 0.255 e. The van der Waals surface area contributed by atoms with Crippen LogP contribution in [0, 0.1) is 23.5 Å². The predicted molar refractivity (Wildman–Crippen MR) is 150 cm³/mol. The van der Waals surface area contributed by atoms with Crippen molar-refractivity contribution in [1.82, 2.24) is 24.2 Å². The molecule has 1 saturated carbocycles. The van der Waals surface area contributed by atoms with Crippen molar-refractivity contribution in [3.05, 3.63) is 53.5 Å². The fraction of sp³-hybridized carbons (Fsp3) is 0.360. The first-order valence-electron chi connectivity index (χ1n) is 11.6. The van der Waals surface area contributed by atoms with E-state index in [-0.39, 0.29) is 67.8 Å². The van der Waals surface area contributed by atoms with E-state index in [0.29, 0.717) is 24.3 Å². The van der Waals surface area contributed by atoms with Crippen molar-refractivity contribution >= 4 is 55.7 Å². The van der Waals surface area contributed by atoms with E-state index < -0.39 is 23.1 Å². The molecule has 3 heterocycles. The first-order valence-corrected chi connectivity index (χ1v) is 11.6. The molecule has 9 nitrogen and oxygen atoms in total. The fourth-order valence-electron chi connectivity index (χ4n) is 4.84. The van der Waals surface area contributed by atoms with Gasteiger partial charge in [0.1, 0.15) is 22.7 Å². The Morgan fingerprint density at radius 2 is 1.95 bits per heavy atom. The number of rotatable bonds is 5. The van der Waals surface area contributed by atoms with Crippen LogP contribution in [0.1, 0.15) is 59.9 Å². The lowest BCUT2D eigenvalue weighted by atomic mass is 10.1. The van der Waals surface area contributed by atoms with Crippen LogP contribution in [0.3, 0.4) is 0 Å². The number of aromatic nitrogens is 4. The number of nitrogens with one attached hydrogen (secondary N) is 1. The van der Waals surface area contributed by atoms with Gasteiger partial charge in [-0.15, -0.1) is 0 Å². The Kier molecular flexibility index (Phi) is 8.48. The van der Waals surface area contributed by atoms with Crippen LogP contribution in [0.4, 0.5) is 14.6 Å². The third-order valence-electron chi connectivity index (χ3n) is 6.76. The summed E-state index contributed by atoms with van der Waals surface area (Å²) >= 11 is 0. The number of nitrogens with zero attached hydrogens (tertiary/aromatic N) is 5. The van der Waals surface area contributed by atoms with Crippen LogP contribution in [0.15, 0.2) is 25.0 Å². The van der Waals surface area contributed by atoms with Crippen LogP contribution in [-0.4, -0.2) is 55.7 Å². The molecule has 1 aliphatic carbocycles. The van der Waals surface area contributed by atoms with Gasteiger partial charge in [-0.2, -0.15) is 32.1 Å². The Labute approximate surface area is 232 Å². The Morgan fingerprint density at radius 1 is 1.24 bits per heavy atom. The zero-order valence-corrected chi connectivity index (χ0v) is 22.9. The first kappa shape index (κ1) is 29.1. The third-order valence-corrected chi connectivity index (χ3v) is 6.76. The maximum Gasteiger partial charge on any atom is 0.255 e. The summed E-state index contributed by atoms with van der Waals surface area (Å²) in [5, 5.41) is 7.39. The predicted octanol–water partition coefficient (Wildman–Crippen LogP) is 2.96. The number of fused-ring (bicyclic) bond motifs is 1. The number of amides is 2. The van der Waals surface area contributed by atoms with Crippen molar-refractivity contribution in [3.8, 4) is 11.8 Å². The van der Waals surface area contributed by atoms with Gasteiger partial charge in [0.05, 0.1) is 23.4 Å². The Balaban J connectivity index is 0.00000200. The van der Waals surface area contributed by atoms with E-state index in [1.807, 2.05) is 6.92 Å². The Bertz CT molecular complexity index is 1490. The van der Waals surface area contributed by atoms with Crippen molar-refractivity contribution in [3.63, 3.8) is 0 Å². The SMILES string of the molecule is C=CC(=O)N1C[C@@H](n2nc(C#Cc3c(F)cc4c(ncn4C4CC4)c3F)c(C(N)=O)c2NC)C[C@@H]1C.S.S. The molecule has 13 heteroatoms. The number of carbonyl (C=O) groups excluding carboxylic acids is 2. The quantitative estimate of drug-likeness (QED) is 0.368. The number of halogens is 2. The minimum atomic E-state index is -0.867. The van der Waals surface area contributed by atoms with E-state index in [4.69, 9.17) is 5.73 Å². The molecule has 5 rings (SSSR count). The third kappa shape index (κ3) is 4.86. The average molecular weight is 562 g/mol. The number of anilines is 1. The number of carbonyl (C=O) groups is 2. The average Bonchev–Trinajstić information content (AvgIpc) is 3.31. The molecule has 3 N–H and O–H groups in total. The molecule has 0 radical (unpaired) electrons. The molecule has 2 fully saturated rings. The lowest BCUT2D eigenvalue weighted by Crippen LogP contribution is -2.32. The van der Waals surface area contributed by atoms with Gasteiger partial charge in [0, 0.05) is 31.7 Å². The number of benzene rings is 1. The number of primary amides is 1. The number of likely N-dealkylation sites (tertiary alicyclic amines) is 1. The number of hydrogen-bond acceptors (Lipinski definition) is 5. The van der Waals surface area contributed by atoms with E-state index >= 15 is 4.39 Å². The summed E-state index contributed by atoms with van der Waals surface area (Å²) in [5.41, 5.74) is 5.57. The summed E-state index contributed by atoms with van der Waals surface area (Å²) in [5.74, 6) is 2.77. The lowest BCUT2D eigenvalue weighted by molar-refractivity contribution is -0.126. The molecule has 2 aromatic heterocycles. The summed E-state index contributed by atoms with van der Waals surface area (Å²) in [6, 6.07) is 1.09. The van der Waals surface area contributed by atoms with Gasteiger partial charge in [-0.3, -0.25) is 9.59 Å². The molecule has 1 aromatic carbocycles. The standard InChI is InChI=1S/C25H25F2N7O2.2H2S/c1-4-20(35)32-11-15(9-13(32)2)34-25(29-3)21(24(28)36)18(31-34)8-7-16-17(26)10-19-23(22(16)27)30-12-33(19)14-5-6-14;;/h4,10,12-15,29H,1,5-6,9,11H2,2-3H3,(H2,28,36);2*1H2/t13-,15-;;/m0../s1. The summed E-state index contributed by atoms with van der Waals surface area (Å²) in [6.07, 6.45) is 5.23. The number of imidazole rings is 1. The van der Waals surface area contributed by atoms with Crippen LogP contribution in [0.2, 0.25) is 0 Å². The highest BCUT2D eigenvalue weighted by Crippen LogP contribution is 2.38. The van der Waals surface area contributed by atoms with Crippen LogP contribution in [-0.2, 0) is 4.79 Å². The molecule has 2 amide bonds. The molecule has 38 heavy (non-hydrogen) atoms. The minimum Gasteiger partial charge on any atom is -0.373 e. The minimum absolute atomic E-state index is 0. The highest BCUT2D eigenvalue weighted by atomic mass is 32.1. The van der Waals surface area contributed by atoms with Gasteiger partial charge in [0.15, 0.2) is 11.5 Å². The summed E-state index contributed by atoms with van der Waals surface area (Å²) < 4.78 is 33.4. The maximum absolute atomic E-state index is 15.2. The van der Waals surface area contributed by atoms with Gasteiger partial charge in [-0.25, -0.2) is 18.4 Å². The van der Waals surface area contributed by atoms with E-state index in [2.05, 4.69) is 33.8 Å². The monoisotopic (exact) mass is 561 g/mol. The Morgan fingerprint density at radius 3 is 2.55 bits per heavy atom. The van der Waals surface area contributed by atoms with Gasteiger partial charge >= 0.3 is 0 Å². The highest BCUT2D eigenvalue weighted by molar-refractivity contribution is 7.59. The second-order valence-corrected chi connectivity index (χ2v) is 9.11. The second kappa shape index (κ2) is 11.1. The molecular formula is C25H29F2N7O2S2. The van der Waals surface area contributed by atoms with Crippen molar-refractivity contribution in [1.29, 1.82) is 0 Å². The van der Waals surface area contributed by atoms with Crippen molar-refractivity contribution in [2.45, 2.75) is 44.3 Å². The molecule has 0 bridgehead atoms. The molecule has 202 valence electrons. The maximum atomic E-state index is 15.2. The molecule has 3 aromatic rings. The molecule has 2 aliphatic rings. The van der Waals surface area contributed by atoms with E-state index in [1.54, 1.807) is 21.2 Å². The summed E-state index contributed by atoms with van der Waals surface area (Å²) in [6.45, 7) is 5.79. The largest absolute Gasteiger partial charge is 0.373 e. The molecule has 1 saturated heterocycles. The topological polar surface area (TPSA) is 111 Å². The zero-order chi connectivity index (χ0) is 25.7. The van der Waals surface area contributed by atoms with Gasteiger partial charge in [0.2, 0.25) is 5.91 Å². The fourth-order valence-corrected chi connectivity index (χ4v) is 4.84. The van der Waals surface area contributed by atoms with Gasteiger partial charge in [0.25, 0.3) is 5.91 Å². The molecule has 0 unspecified atom stereocenters. The normalized spacial score (nSPS) is 18.3. The van der Waals surface area contributed by atoms with Crippen LogP contribution < -0.4 is 11.1 Å². The van der Waals surface area contributed by atoms with Crippen molar-refractivity contribution in [2.75, 3.05) is 18.9 Å². The Hall–Kier alpha value is -3.50. The summed E-state index contributed by atoms with van der Waals surface area (Å²) in [7, 11) is 1.60.